The third-order valence-corrected chi connectivity index (χ3v) is 4.54. The first kappa shape index (κ1) is 16.5. The van der Waals surface area contributed by atoms with Crippen molar-refractivity contribution >= 4 is 17.6 Å². The molecule has 0 spiro atoms. The fourth-order valence-electron chi connectivity index (χ4n) is 3.22. The average molecular weight is 332 g/mol. The van der Waals surface area contributed by atoms with Crippen molar-refractivity contribution in [3.63, 3.8) is 0 Å². The van der Waals surface area contributed by atoms with Crippen LogP contribution in [0, 0.1) is 5.92 Å². The fourth-order valence-corrected chi connectivity index (χ4v) is 3.22. The summed E-state index contributed by atoms with van der Waals surface area (Å²) in [5, 5.41) is 2.78. The van der Waals surface area contributed by atoms with Crippen LogP contribution in [0.1, 0.15) is 19.3 Å². The Morgan fingerprint density at radius 1 is 1.42 bits per heavy atom. The van der Waals surface area contributed by atoms with E-state index >= 15 is 0 Å². The van der Waals surface area contributed by atoms with E-state index in [0.29, 0.717) is 32.5 Å². The summed E-state index contributed by atoms with van der Waals surface area (Å²) < 4.78 is 6.08. The molecule has 0 aromatic carbocycles. The summed E-state index contributed by atoms with van der Waals surface area (Å²) in [6.45, 7) is 1.74. The second-order valence-corrected chi connectivity index (χ2v) is 6.57. The molecular weight excluding hydrogens is 308 g/mol. The van der Waals surface area contributed by atoms with E-state index in [9.17, 15) is 9.59 Å². The van der Waals surface area contributed by atoms with Crippen molar-refractivity contribution < 1.29 is 14.3 Å². The zero-order valence-corrected chi connectivity index (χ0v) is 14.2. The number of carbonyl (C=O) groups is 2. The lowest BCUT2D eigenvalue weighted by Gasteiger charge is -2.26. The van der Waals surface area contributed by atoms with Gasteiger partial charge in [0.15, 0.2) is 11.6 Å². The molecule has 0 aliphatic carbocycles. The number of amides is 2. The van der Waals surface area contributed by atoms with Crippen molar-refractivity contribution in [2.24, 2.45) is 5.92 Å². The van der Waals surface area contributed by atoms with Gasteiger partial charge < -0.3 is 19.9 Å². The third-order valence-electron chi connectivity index (χ3n) is 4.54. The molecule has 2 aliphatic rings. The van der Waals surface area contributed by atoms with Crippen LogP contribution in [0.25, 0.3) is 0 Å². The average Bonchev–Trinajstić information content (AvgIpc) is 3.04. The van der Waals surface area contributed by atoms with E-state index in [1.54, 1.807) is 6.20 Å². The van der Waals surface area contributed by atoms with Crippen molar-refractivity contribution in [1.29, 1.82) is 0 Å². The maximum Gasteiger partial charge on any atom is 0.227 e. The Morgan fingerprint density at radius 3 is 2.96 bits per heavy atom. The molecule has 130 valence electrons. The first-order chi connectivity index (χ1) is 11.5. The van der Waals surface area contributed by atoms with Crippen LogP contribution in [0.3, 0.4) is 0 Å². The quantitative estimate of drug-likeness (QED) is 0.876. The van der Waals surface area contributed by atoms with Crippen LogP contribution < -0.4 is 15.0 Å². The Labute approximate surface area is 142 Å². The molecule has 1 aromatic rings. The minimum atomic E-state index is -0.0998. The number of pyridine rings is 1. The molecular formula is C17H24N4O3. The number of aromatic nitrogens is 1. The molecule has 7 nitrogen and oxygen atoms in total. The lowest BCUT2D eigenvalue weighted by atomic mass is 9.98. The summed E-state index contributed by atoms with van der Waals surface area (Å²) in [4.78, 5) is 31.9. The fraction of sp³-hybridized carbons (Fsp3) is 0.588. The summed E-state index contributed by atoms with van der Waals surface area (Å²) >= 11 is 0. The SMILES string of the molecule is CN(C)c1ncccc1O[C@H]1CCN(C(=O)[C@H]2CCC(=O)NC2)C1. The number of anilines is 1. The van der Waals surface area contributed by atoms with E-state index in [1.807, 2.05) is 36.0 Å². The monoisotopic (exact) mass is 332 g/mol. The number of carbonyl (C=O) groups excluding carboxylic acids is 2. The molecule has 3 rings (SSSR count). The van der Waals surface area contributed by atoms with E-state index in [4.69, 9.17) is 4.74 Å². The third kappa shape index (κ3) is 3.60. The molecule has 3 heterocycles. The van der Waals surface area contributed by atoms with Gasteiger partial charge in [0.1, 0.15) is 6.10 Å². The van der Waals surface area contributed by atoms with E-state index in [-0.39, 0.29) is 23.8 Å². The van der Waals surface area contributed by atoms with E-state index in [2.05, 4.69) is 10.3 Å². The highest BCUT2D eigenvalue weighted by molar-refractivity contribution is 5.84. The number of rotatable bonds is 4. The van der Waals surface area contributed by atoms with Gasteiger partial charge in [0.25, 0.3) is 0 Å². The van der Waals surface area contributed by atoms with E-state index in [1.165, 1.54) is 0 Å². The highest BCUT2D eigenvalue weighted by Gasteiger charge is 2.33. The molecule has 0 unspecified atom stereocenters. The van der Waals surface area contributed by atoms with Crippen molar-refractivity contribution in [2.45, 2.75) is 25.4 Å². The lowest BCUT2D eigenvalue weighted by molar-refractivity contribution is -0.136. The molecule has 0 saturated carbocycles. The number of piperidine rings is 1. The van der Waals surface area contributed by atoms with Gasteiger partial charge in [0, 0.05) is 46.2 Å². The lowest BCUT2D eigenvalue weighted by Crippen LogP contribution is -2.44. The Bertz CT molecular complexity index is 610. The van der Waals surface area contributed by atoms with Crippen LogP contribution in [-0.4, -0.2) is 61.5 Å². The molecule has 0 radical (unpaired) electrons. The largest absolute Gasteiger partial charge is 0.485 e. The maximum atomic E-state index is 12.6. The van der Waals surface area contributed by atoms with Crippen LogP contribution in [0.5, 0.6) is 5.75 Å². The summed E-state index contributed by atoms with van der Waals surface area (Å²) in [6, 6.07) is 3.76. The van der Waals surface area contributed by atoms with Crippen LogP contribution in [0.2, 0.25) is 0 Å². The standard InChI is InChI=1S/C17H24N4O3/c1-20(2)16-14(4-3-8-18-16)24-13-7-9-21(11-13)17(23)12-5-6-15(22)19-10-12/h3-4,8,12-13H,5-7,9-11H2,1-2H3,(H,19,22)/t12-,13-/m0/s1. The van der Waals surface area contributed by atoms with E-state index < -0.39 is 0 Å². The van der Waals surface area contributed by atoms with Crippen LogP contribution >= 0.6 is 0 Å². The van der Waals surface area contributed by atoms with Crippen molar-refractivity contribution in [2.75, 3.05) is 38.6 Å². The van der Waals surface area contributed by atoms with Crippen molar-refractivity contribution in [3.05, 3.63) is 18.3 Å². The van der Waals surface area contributed by atoms with Gasteiger partial charge in [-0.1, -0.05) is 0 Å². The summed E-state index contributed by atoms with van der Waals surface area (Å²) in [5.41, 5.74) is 0. The van der Waals surface area contributed by atoms with Gasteiger partial charge >= 0.3 is 0 Å². The summed E-state index contributed by atoms with van der Waals surface area (Å²) in [5.74, 6) is 1.59. The van der Waals surface area contributed by atoms with Crippen molar-refractivity contribution in [3.8, 4) is 5.75 Å². The molecule has 2 aliphatic heterocycles. The van der Waals surface area contributed by atoms with Gasteiger partial charge in [-0.3, -0.25) is 9.59 Å². The Morgan fingerprint density at radius 2 is 2.25 bits per heavy atom. The Balaban J connectivity index is 1.58. The molecule has 2 amide bonds. The smallest absolute Gasteiger partial charge is 0.227 e. The summed E-state index contributed by atoms with van der Waals surface area (Å²) in [6.07, 6.45) is 3.61. The zero-order chi connectivity index (χ0) is 17.1. The highest BCUT2D eigenvalue weighted by Crippen LogP contribution is 2.27. The predicted octanol–water partition coefficient (Wildman–Crippen LogP) is 0.654. The van der Waals surface area contributed by atoms with Gasteiger partial charge in [-0.2, -0.15) is 0 Å². The first-order valence-electron chi connectivity index (χ1n) is 8.39. The minimum absolute atomic E-state index is 0.0185. The van der Waals surface area contributed by atoms with Crippen LogP contribution in [0.4, 0.5) is 5.82 Å². The zero-order valence-electron chi connectivity index (χ0n) is 14.2. The van der Waals surface area contributed by atoms with Crippen LogP contribution in [-0.2, 0) is 9.59 Å². The molecule has 24 heavy (non-hydrogen) atoms. The number of likely N-dealkylation sites (tertiary alicyclic amines) is 1. The van der Waals surface area contributed by atoms with Gasteiger partial charge in [-0.25, -0.2) is 4.98 Å². The van der Waals surface area contributed by atoms with Crippen LogP contribution in [0.15, 0.2) is 18.3 Å². The number of nitrogens with one attached hydrogen (secondary N) is 1. The molecule has 1 aromatic heterocycles. The number of hydrogen-bond acceptors (Lipinski definition) is 5. The predicted molar refractivity (Wildman–Crippen MR) is 89.9 cm³/mol. The summed E-state index contributed by atoms with van der Waals surface area (Å²) in [7, 11) is 3.86. The van der Waals surface area contributed by atoms with Crippen molar-refractivity contribution in [1.82, 2.24) is 15.2 Å². The van der Waals surface area contributed by atoms with Gasteiger partial charge in [0.2, 0.25) is 11.8 Å². The van der Waals surface area contributed by atoms with Gasteiger partial charge in [0.05, 0.1) is 12.5 Å². The maximum absolute atomic E-state index is 12.6. The number of hydrogen-bond donors (Lipinski definition) is 1. The van der Waals surface area contributed by atoms with Gasteiger partial charge in [-0.15, -0.1) is 0 Å². The molecule has 2 fully saturated rings. The molecule has 0 bridgehead atoms. The first-order valence-corrected chi connectivity index (χ1v) is 8.39. The Kier molecular flexibility index (Phi) is 4.87. The number of nitrogens with zero attached hydrogens (tertiary/aromatic N) is 3. The number of ether oxygens (including phenoxy) is 1. The molecule has 2 atom stereocenters. The molecule has 2 saturated heterocycles. The second kappa shape index (κ2) is 7.07. The highest BCUT2D eigenvalue weighted by atomic mass is 16.5. The topological polar surface area (TPSA) is 74.8 Å². The van der Waals surface area contributed by atoms with Gasteiger partial charge in [-0.05, 0) is 18.6 Å². The minimum Gasteiger partial charge on any atom is -0.485 e. The van der Waals surface area contributed by atoms with E-state index in [0.717, 1.165) is 18.0 Å². The molecule has 1 N–H and O–H groups in total. The second-order valence-electron chi connectivity index (χ2n) is 6.57. The molecule has 7 heteroatoms. The Hall–Kier alpha value is -2.31. The normalized spacial score (nSPS) is 23.8.